The second kappa shape index (κ2) is 7.84. The predicted molar refractivity (Wildman–Crippen MR) is 70.7 cm³/mol. The van der Waals surface area contributed by atoms with Gasteiger partial charge < -0.3 is 14.8 Å². The Kier molecular flexibility index (Phi) is 6.39. The SMILES string of the molecule is COC(CNC(=O)c1ccccc1)COC(C)C. The summed E-state index contributed by atoms with van der Waals surface area (Å²) < 4.78 is 10.7. The highest BCUT2D eigenvalue weighted by molar-refractivity contribution is 5.94. The molecule has 1 unspecified atom stereocenters. The predicted octanol–water partition coefficient (Wildman–Crippen LogP) is 1.86. The first-order chi connectivity index (χ1) is 8.63. The molecule has 1 amide bonds. The van der Waals surface area contributed by atoms with Crippen LogP contribution in [-0.2, 0) is 9.47 Å². The zero-order chi connectivity index (χ0) is 13.4. The lowest BCUT2D eigenvalue weighted by Crippen LogP contribution is -2.36. The van der Waals surface area contributed by atoms with Crippen LogP contribution in [0.3, 0.4) is 0 Å². The summed E-state index contributed by atoms with van der Waals surface area (Å²) in [7, 11) is 1.61. The van der Waals surface area contributed by atoms with Crippen LogP contribution in [0.25, 0.3) is 0 Å². The third-order valence-corrected chi connectivity index (χ3v) is 2.48. The minimum Gasteiger partial charge on any atom is -0.377 e. The van der Waals surface area contributed by atoms with Crippen molar-refractivity contribution in [2.24, 2.45) is 0 Å². The van der Waals surface area contributed by atoms with Gasteiger partial charge in [0.05, 0.1) is 18.8 Å². The van der Waals surface area contributed by atoms with Gasteiger partial charge in [-0.25, -0.2) is 0 Å². The number of hydrogen-bond donors (Lipinski definition) is 1. The Morgan fingerprint density at radius 2 is 1.94 bits per heavy atom. The number of carbonyl (C=O) groups excluding carboxylic acids is 1. The van der Waals surface area contributed by atoms with Gasteiger partial charge in [0.2, 0.25) is 0 Å². The second-order valence-electron chi connectivity index (χ2n) is 4.32. The third kappa shape index (κ3) is 5.29. The lowest BCUT2D eigenvalue weighted by Gasteiger charge is -2.17. The number of nitrogens with one attached hydrogen (secondary N) is 1. The molecule has 4 heteroatoms. The molecule has 0 aliphatic rings. The van der Waals surface area contributed by atoms with E-state index in [2.05, 4.69) is 5.32 Å². The molecular weight excluding hydrogens is 230 g/mol. The number of amides is 1. The Labute approximate surface area is 108 Å². The van der Waals surface area contributed by atoms with Gasteiger partial charge in [0, 0.05) is 19.2 Å². The van der Waals surface area contributed by atoms with E-state index in [1.165, 1.54) is 0 Å². The summed E-state index contributed by atoms with van der Waals surface area (Å²) in [6.45, 7) is 4.85. The molecule has 0 fully saturated rings. The molecule has 0 heterocycles. The van der Waals surface area contributed by atoms with Gasteiger partial charge >= 0.3 is 0 Å². The van der Waals surface area contributed by atoms with Gasteiger partial charge in [0.25, 0.3) is 5.91 Å². The van der Waals surface area contributed by atoms with Gasteiger partial charge in [0.15, 0.2) is 0 Å². The summed E-state index contributed by atoms with van der Waals surface area (Å²) >= 11 is 0. The van der Waals surface area contributed by atoms with Crippen molar-refractivity contribution in [2.45, 2.75) is 26.1 Å². The van der Waals surface area contributed by atoms with Gasteiger partial charge in [-0.3, -0.25) is 4.79 Å². The largest absolute Gasteiger partial charge is 0.377 e. The van der Waals surface area contributed by atoms with E-state index in [0.29, 0.717) is 18.7 Å². The summed E-state index contributed by atoms with van der Waals surface area (Å²) in [5.74, 6) is -0.0952. The Morgan fingerprint density at radius 3 is 2.50 bits per heavy atom. The Bertz CT molecular complexity index is 351. The molecule has 1 rings (SSSR count). The summed E-state index contributed by atoms with van der Waals surface area (Å²) in [5.41, 5.74) is 0.650. The summed E-state index contributed by atoms with van der Waals surface area (Å²) in [5, 5.41) is 2.83. The Hall–Kier alpha value is -1.39. The van der Waals surface area contributed by atoms with Crippen molar-refractivity contribution in [3.63, 3.8) is 0 Å². The Morgan fingerprint density at radius 1 is 1.28 bits per heavy atom. The third-order valence-electron chi connectivity index (χ3n) is 2.48. The standard InChI is InChI=1S/C14H21NO3/c1-11(2)18-10-13(17-3)9-15-14(16)12-7-5-4-6-8-12/h4-8,11,13H,9-10H2,1-3H3,(H,15,16). The highest BCUT2D eigenvalue weighted by atomic mass is 16.5. The first-order valence-corrected chi connectivity index (χ1v) is 6.11. The number of hydrogen-bond acceptors (Lipinski definition) is 3. The number of carbonyl (C=O) groups is 1. The number of benzene rings is 1. The lowest BCUT2D eigenvalue weighted by atomic mass is 10.2. The van der Waals surface area contributed by atoms with Crippen LogP contribution in [0.5, 0.6) is 0 Å². The van der Waals surface area contributed by atoms with E-state index >= 15 is 0 Å². The quantitative estimate of drug-likeness (QED) is 0.804. The van der Waals surface area contributed by atoms with Crippen molar-refractivity contribution in [1.82, 2.24) is 5.32 Å². The highest BCUT2D eigenvalue weighted by Gasteiger charge is 2.11. The van der Waals surface area contributed by atoms with Gasteiger partial charge in [-0.05, 0) is 26.0 Å². The van der Waals surface area contributed by atoms with E-state index in [0.717, 1.165) is 0 Å². The van der Waals surface area contributed by atoms with Crippen molar-refractivity contribution in [2.75, 3.05) is 20.3 Å². The van der Waals surface area contributed by atoms with E-state index < -0.39 is 0 Å². The number of ether oxygens (including phenoxy) is 2. The van der Waals surface area contributed by atoms with Crippen LogP contribution in [0, 0.1) is 0 Å². The maximum Gasteiger partial charge on any atom is 0.251 e. The van der Waals surface area contributed by atoms with Crippen LogP contribution < -0.4 is 5.32 Å². The van der Waals surface area contributed by atoms with E-state index in [1.807, 2.05) is 32.0 Å². The maximum absolute atomic E-state index is 11.8. The average Bonchev–Trinajstić information content (AvgIpc) is 2.39. The van der Waals surface area contributed by atoms with Crippen LogP contribution in [0.1, 0.15) is 24.2 Å². The van der Waals surface area contributed by atoms with Crippen molar-refractivity contribution >= 4 is 5.91 Å². The summed E-state index contributed by atoms with van der Waals surface area (Å²) in [6.07, 6.45) is 0.0348. The van der Waals surface area contributed by atoms with Gasteiger partial charge in [-0.1, -0.05) is 18.2 Å². The monoisotopic (exact) mass is 251 g/mol. The zero-order valence-electron chi connectivity index (χ0n) is 11.2. The van der Waals surface area contributed by atoms with Crippen molar-refractivity contribution in [3.8, 4) is 0 Å². The molecule has 18 heavy (non-hydrogen) atoms. The fourth-order valence-electron chi connectivity index (χ4n) is 1.41. The fraction of sp³-hybridized carbons (Fsp3) is 0.500. The first kappa shape index (κ1) is 14.7. The molecule has 0 aromatic heterocycles. The van der Waals surface area contributed by atoms with Crippen molar-refractivity contribution in [3.05, 3.63) is 35.9 Å². The summed E-state index contributed by atoms with van der Waals surface area (Å²) in [6, 6.07) is 9.11. The molecule has 4 nitrogen and oxygen atoms in total. The first-order valence-electron chi connectivity index (χ1n) is 6.11. The van der Waals surface area contributed by atoms with E-state index in [9.17, 15) is 4.79 Å². The van der Waals surface area contributed by atoms with Gasteiger partial charge in [0.1, 0.15) is 0 Å². The fourth-order valence-corrected chi connectivity index (χ4v) is 1.41. The van der Waals surface area contributed by atoms with Crippen LogP contribution in [0.2, 0.25) is 0 Å². The topological polar surface area (TPSA) is 47.6 Å². The minimum absolute atomic E-state index is 0.0952. The van der Waals surface area contributed by atoms with Crippen LogP contribution in [-0.4, -0.2) is 38.4 Å². The molecule has 1 aromatic carbocycles. The van der Waals surface area contributed by atoms with E-state index in [1.54, 1.807) is 19.2 Å². The van der Waals surface area contributed by atoms with Crippen LogP contribution >= 0.6 is 0 Å². The van der Waals surface area contributed by atoms with E-state index in [4.69, 9.17) is 9.47 Å². The second-order valence-corrected chi connectivity index (χ2v) is 4.32. The molecule has 100 valence electrons. The Balaban J connectivity index is 2.36. The molecular formula is C14H21NO3. The van der Waals surface area contributed by atoms with Gasteiger partial charge in [-0.2, -0.15) is 0 Å². The smallest absolute Gasteiger partial charge is 0.251 e. The molecule has 0 saturated heterocycles. The van der Waals surface area contributed by atoms with Crippen LogP contribution in [0.15, 0.2) is 30.3 Å². The normalized spacial score (nSPS) is 12.4. The molecule has 1 atom stereocenters. The van der Waals surface area contributed by atoms with Crippen LogP contribution in [0.4, 0.5) is 0 Å². The molecule has 0 spiro atoms. The molecule has 0 bridgehead atoms. The number of rotatable bonds is 7. The molecule has 1 aromatic rings. The maximum atomic E-state index is 11.8. The number of methoxy groups -OCH3 is 1. The molecule has 0 aliphatic carbocycles. The van der Waals surface area contributed by atoms with Crippen molar-refractivity contribution in [1.29, 1.82) is 0 Å². The minimum atomic E-state index is -0.125. The average molecular weight is 251 g/mol. The molecule has 1 N–H and O–H groups in total. The van der Waals surface area contributed by atoms with Crippen molar-refractivity contribution < 1.29 is 14.3 Å². The molecule has 0 radical (unpaired) electrons. The zero-order valence-corrected chi connectivity index (χ0v) is 11.2. The summed E-state index contributed by atoms with van der Waals surface area (Å²) in [4.78, 5) is 11.8. The lowest BCUT2D eigenvalue weighted by molar-refractivity contribution is -0.0138. The molecule has 0 saturated carbocycles. The highest BCUT2D eigenvalue weighted by Crippen LogP contribution is 1.99. The van der Waals surface area contributed by atoms with E-state index in [-0.39, 0.29) is 18.1 Å². The molecule has 0 aliphatic heterocycles. The van der Waals surface area contributed by atoms with Gasteiger partial charge in [-0.15, -0.1) is 0 Å².